The van der Waals surface area contributed by atoms with Gasteiger partial charge in [-0.25, -0.2) is 4.79 Å². The normalized spacial score (nSPS) is 10.2. The van der Waals surface area contributed by atoms with Crippen molar-refractivity contribution >= 4 is 23.5 Å². The SMILES string of the molecule is COC(=O)c1[nH]c(C)cc1NC(=O)CNC(=O)Cc1ccc(O)cc1. The first-order chi connectivity index (χ1) is 11.9. The van der Waals surface area contributed by atoms with Crippen LogP contribution < -0.4 is 10.6 Å². The Labute approximate surface area is 144 Å². The molecule has 0 aliphatic rings. The average molecular weight is 345 g/mol. The van der Waals surface area contributed by atoms with Crippen molar-refractivity contribution in [1.82, 2.24) is 10.3 Å². The number of phenols is 1. The van der Waals surface area contributed by atoms with Crippen LogP contribution in [-0.4, -0.2) is 41.5 Å². The zero-order valence-electron chi connectivity index (χ0n) is 13.9. The van der Waals surface area contributed by atoms with Gasteiger partial charge in [0.2, 0.25) is 11.8 Å². The molecule has 0 radical (unpaired) electrons. The third-order valence-electron chi connectivity index (χ3n) is 3.36. The highest BCUT2D eigenvalue weighted by atomic mass is 16.5. The van der Waals surface area contributed by atoms with Crippen molar-refractivity contribution in [3.8, 4) is 5.75 Å². The summed E-state index contributed by atoms with van der Waals surface area (Å²) in [7, 11) is 1.24. The lowest BCUT2D eigenvalue weighted by Gasteiger charge is -2.07. The number of H-pyrrole nitrogens is 1. The van der Waals surface area contributed by atoms with Crippen molar-refractivity contribution in [2.75, 3.05) is 19.0 Å². The van der Waals surface area contributed by atoms with E-state index in [9.17, 15) is 19.5 Å². The number of phenolic OH excluding ortho intramolecular Hbond substituents is 1. The zero-order chi connectivity index (χ0) is 18.4. The number of nitrogens with one attached hydrogen (secondary N) is 3. The molecule has 0 spiro atoms. The molecule has 8 heteroatoms. The molecule has 0 saturated heterocycles. The first-order valence-corrected chi connectivity index (χ1v) is 7.51. The van der Waals surface area contributed by atoms with E-state index in [4.69, 9.17) is 0 Å². The summed E-state index contributed by atoms with van der Waals surface area (Å²) < 4.78 is 4.64. The summed E-state index contributed by atoms with van der Waals surface area (Å²) in [5.41, 5.74) is 1.84. The summed E-state index contributed by atoms with van der Waals surface area (Å²) in [6, 6.07) is 7.82. The monoisotopic (exact) mass is 345 g/mol. The van der Waals surface area contributed by atoms with Crippen LogP contribution in [0.15, 0.2) is 30.3 Å². The maximum Gasteiger partial charge on any atom is 0.356 e. The molecule has 0 atom stereocenters. The number of amides is 2. The summed E-state index contributed by atoms with van der Waals surface area (Å²) >= 11 is 0. The maximum atomic E-state index is 12.0. The predicted octanol–water partition coefficient (Wildman–Crippen LogP) is 1.11. The number of hydrogen-bond donors (Lipinski definition) is 4. The van der Waals surface area contributed by atoms with Gasteiger partial charge in [-0.15, -0.1) is 0 Å². The summed E-state index contributed by atoms with van der Waals surface area (Å²) in [5, 5.41) is 14.2. The van der Waals surface area contributed by atoms with Crippen molar-refractivity contribution < 1.29 is 24.2 Å². The largest absolute Gasteiger partial charge is 0.508 e. The number of carbonyl (C=O) groups is 3. The molecule has 1 aromatic carbocycles. The number of benzene rings is 1. The van der Waals surface area contributed by atoms with E-state index in [0.717, 1.165) is 0 Å². The lowest BCUT2D eigenvalue weighted by atomic mass is 10.1. The van der Waals surface area contributed by atoms with Gasteiger partial charge in [-0.05, 0) is 30.7 Å². The van der Waals surface area contributed by atoms with Gasteiger partial charge in [0.25, 0.3) is 0 Å². The second kappa shape index (κ2) is 8.00. The highest BCUT2D eigenvalue weighted by Gasteiger charge is 2.17. The number of aryl methyl sites for hydroxylation is 1. The van der Waals surface area contributed by atoms with Crippen LogP contribution in [0.4, 0.5) is 5.69 Å². The van der Waals surface area contributed by atoms with E-state index in [2.05, 4.69) is 20.4 Å². The van der Waals surface area contributed by atoms with E-state index in [-0.39, 0.29) is 30.3 Å². The van der Waals surface area contributed by atoms with Crippen LogP contribution in [0.5, 0.6) is 5.75 Å². The Morgan fingerprint density at radius 3 is 2.48 bits per heavy atom. The molecule has 1 heterocycles. The molecular formula is C17H19N3O5. The van der Waals surface area contributed by atoms with Crippen molar-refractivity contribution in [2.45, 2.75) is 13.3 Å². The maximum absolute atomic E-state index is 12.0. The summed E-state index contributed by atoms with van der Waals surface area (Å²) in [6.45, 7) is 1.50. The molecule has 2 rings (SSSR count). The van der Waals surface area contributed by atoms with Crippen molar-refractivity contribution in [3.63, 3.8) is 0 Å². The van der Waals surface area contributed by atoms with E-state index in [1.807, 2.05) is 0 Å². The Morgan fingerprint density at radius 1 is 1.16 bits per heavy atom. The number of rotatable bonds is 6. The third kappa shape index (κ3) is 5.10. The number of aromatic hydroxyl groups is 1. The number of methoxy groups -OCH3 is 1. The summed E-state index contributed by atoms with van der Waals surface area (Å²) in [6.07, 6.45) is 0.0875. The molecule has 4 N–H and O–H groups in total. The van der Waals surface area contributed by atoms with Gasteiger partial charge in [0.1, 0.15) is 11.4 Å². The molecule has 0 aliphatic carbocycles. The minimum absolute atomic E-state index is 0.0875. The van der Waals surface area contributed by atoms with Gasteiger partial charge in [0.15, 0.2) is 0 Å². The second-order valence-corrected chi connectivity index (χ2v) is 5.40. The average Bonchev–Trinajstić information content (AvgIpc) is 2.94. The Hall–Kier alpha value is -3.29. The van der Waals surface area contributed by atoms with Crippen molar-refractivity contribution in [3.05, 3.63) is 47.3 Å². The van der Waals surface area contributed by atoms with Crippen LogP contribution in [-0.2, 0) is 20.7 Å². The van der Waals surface area contributed by atoms with Gasteiger partial charge in [-0.2, -0.15) is 0 Å². The van der Waals surface area contributed by atoms with E-state index >= 15 is 0 Å². The number of esters is 1. The minimum Gasteiger partial charge on any atom is -0.508 e. The number of aromatic amines is 1. The predicted molar refractivity (Wildman–Crippen MR) is 90.3 cm³/mol. The molecule has 2 amide bonds. The number of aromatic nitrogens is 1. The fraction of sp³-hybridized carbons (Fsp3) is 0.235. The Kier molecular flexibility index (Phi) is 5.78. The minimum atomic E-state index is -0.597. The van der Waals surface area contributed by atoms with Gasteiger partial charge in [0.05, 0.1) is 25.8 Å². The van der Waals surface area contributed by atoms with Gasteiger partial charge >= 0.3 is 5.97 Å². The van der Waals surface area contributed by atoms with Gasteiger partial charge < -0.3 is 25.5 Å². The summed E-state index contributed by atoms with van der Waals surface area (Å²) in [5.74, 6) is -1.28. The van der Waals surface area contributed by atoms with Crippen molar-refractivity contribution in [2.24, 2.45) is 0 Å². The molecule has 132 valence electrons. The lowest BCUT2D eigenvalue weighted by Crippen LogP contribution is -2.34. The zero-order valence-corrected chi connectivity index (χ0v) is 13.9. The highest BCUT2D eigenvalue weighted by molar-refractivity contribution is 6.01. The van der Waals surface area contributed by atoms with Crippen LogP contribution in [0.25, 0.3) is 0 Å². The Morgan fingerprint density at radius 2 is 1.84 bits per heavy atom. The lowest BCUT2D eigenvalue weighted by molar-refractivity contribution is -0.123. The standard InChI is InChI=1S/C17H19N3O5/c1-10-7-13(16(19-10)17(24)25-2)20-15(23)9-18-14(22)8-11-3-5-12(21)6-4-11/h3-7,19,21H,8-9H2,1-2H3,(H,18,22)(H,20,23). The topological polar surface area (TPSA) is 121 Å². The molecule has 0 bridgehead atoms. The van der Waals surface area contributed by atoms with Crippen LogP contribution in [0.1, 0.15) is 21.7 Å². The Balaban J connectivity index is 1.87. The molecule has 1 aromatic heterocycles. The molecule has 8 nitrogen and oxygen atoms in total. The van der Waals surface area contributed by atoms with Crippen LogP contribution >= 0.6 is 0 Å². The highest BCUT2D eigenvalue weighted by Crippen LogP contribution is 2.17. The molecule has 2 aromatic rings. The Bertz CT molecular complexity index is 780. The summed E-state index contributed by atoms with van der Waals surface area (Å²) in [4.78, 5) is 38.2. The molecule has 0 unspecified atom stereocenters. The fourth-order valence-electron chi connectivity index (χ4n) is 2.19. The number of ether oxygens (including phenoxy) is 1. The fourth-order valence-corrected chi connectivity index (χ4v) is 2.19. The van der Waals surface area contributed by atoms with Crippen LogP contribution in [0, 0.1) is 6.92 Å². The molecular weight excluding hydrogens is 326 g/mol. The first-order valence-electron chi connectivity index (χ1n) is 7.51. The molecule has 0 aliphatic heterocycles. The van der Waals surface area contributed by atoms with Gasteiger partial charge in [-0.3, -0.25) is 9.59 Å². The number of anilines is 1. The number of carbonyl (C=O) groups excluding carboxylic acids is 3. The number of hydrogen-bond acceptors (Lipinski definition) is 5. The molecule has 0 saturated carbocycles. The van der Waals surface area contributed by atoms with E-state index in [0.29, 0.717) is 16.9 Å². The van der Waals surface area contributed by atoms with Crippen molar-refractivity contribution in [1.29, 1.82) is 0 Å². The van der Waals surface area contributed by atoms with E-state index < -0.39 is 11.9 Å². The van der Waals surface area contributed by atoms with Crippen LogP contribution in [0.2, 0.25) is 0 Å². The molecule has 25 heavy (non-hydrogen) atoms. The smallest absolute Gasteiger partial charge is 0.356 e. The second-order valence-electron chi connectivity index (χ2n) is 5.40. The van der Waals surface area contributed by atoms with Gasteiger partial charge in [0, 0.05) is 5.69 Å². The third-order valence-corrected chi connectivity index (χ3v) is 3.36. The van der Waals surface area contributed by atoms with E-state index in [1.165, 1.54) is 19.2 Å². The first kappa shape index (κ1) is 18.1. The van der Waals surface area contributed by atoms with Crippen LogP contribution in [0.3, 0.4) is 0 Å². The van der Waals surface area contributed by atoms with E-state index in [1.54, 1.807) is 25.1 Å². The van der Waals surface area contributed by atoms with Gasteiger partial charge in [-0.1, -0.05) is 12.1 Å². The quantitative estimate of drug-likeness (QED) is 0.585. The molecule has 0 fully saturated rings.